The van der Waals surface area contributed by atoms with Gasteiger partial charge in [-0.05, 0) is 64.2 Å². The Kier molecular flexibility index (Phi) is 7.92. The Hall–Kier alpha value is -4.84. The number of nitrogens with zero attached hydrogens (tertiary/aromatic N) is 7. The van der Waals surface area contributed by atoms with Crippen molar-refractivity contribution < 1.29 is 18.3 Å². The van der Waals surface area contributed by atoms with Crippen LogP contribution in [0.2, 0.25) is 0 Å². The monoisotopic (exact) mass is 561 g/mol. The van der Waals surface area contributed by atoms with E-state index in [1.54, 1.807) is 43.3 Å². The molecule has 210 valence electrons. The average Bonchev–Trinajstić information content (AvgIpc) is 3.59. The van der Waals surface area contributed by atoms with Crippen LogP contribution in [0.25, 0.3) is 11.8 Å². The van der Waals surface area contributed by atoms with Crippen LogP contribution in [0.15, 0.2) is 90.3 Å². The van der Waals surface area contributed by atoms with Gasteiger partial charge in [0.25, 0.3) is 0 Å². The van der Waals surface area contributed by atoms with Gasteiger partial charge in [-0.3, -0.25) is 0 Å². The van der Waals surface area contributed by atoms with Gasteiger partial charge in [0.1, 0.15) is 35.7 Å². The summed E-state index contributed by atoms with van der Waals surface area (Å²) in [5.41, 5.74) is -0.115. The highest BCUT2D eigenvalue weighted by atomic mass is 19.1. The van der Waals surface area contributed by atoms with Crippen LogP contribution in [0.1, 0.15) is 30.0 Å². The lowest BCUT2D eigenvalue weighted by molar-refractivity contribution is -0.0379. The van der Waals surface area contributed by atoms with Gasteiger partial charge < -0.3 is 5.11 Å². The molecular formula is C29H26F3N7O2. The molecule has 9 nitrogen and oxygen atoms in total. The quantitative estimate of drug-likeness (QED) is 0.275. The van der Waals surface area contributed by atoms with Crippen molar-refractivity contribution in [2.24, 2.45) is 5.92 Å². The smallest absolute Gasteiger partial charge is 0.368 e. The molecule has 1 N–H and O–H groups in total. The zero-order valence-electron chi connectivity index (χ0n) is 22.0. The first-order valence-corrected chi connectivity index (χ1v) is 12.8. The Balaban J connectivity index is 1.29. The Bertz CT molecular complexity index is 1700. The minimum absolute atomic E-state index is 0.0300. The summed E-state index contributed by atoms with van der Waals surface area (Å²) < 4.78 is 45.2. The van der Waals surface area contributed by atoms with Crippen molar-refractivity contribution in [1.29, 1.82) is 0 Å². The maximum atomic E-state index is 14.7. The third-order valence-corrected chi connectivity index (χ3v) is 6.91. The van der Waals surface area contributed by atoms with Crippen LogP contribution in [0, 0.1) is 23.4 Å². The molecule has 0 saturated heterocycles. The highest BCUT2D eigenvalue weighted by Gasteiger charge is 2.38. The molecule has 2 atom stereocenters. The van der Waals surface area contributed by atoms with E-state index in [1.165, 1.54) is 44.9 Å². The number of hydrogen-bond acceptors (Lipinski definition) is 6. The summed E-state index contributed by atoms with van der Waals surface area (Å²) in [6.07, 6.45) is 6.78. The average molecular weight is 562 g/mol. The topological polar surface area (TPSA) is 104 Å². The fourth-order valence-corrected chi connectivity index (χ4v) is 4.54. The minimum atomic E-state index is -1.69. The van der Waals surface area contributed by atoms with E-state index >= 15 is 0 Å². The second-order valence-electron chi connectivity index (χ2n) is 9.73. The van der Waals surface area contributed by atoms with Crippen LogP contribution in [0.5, 0.6) is 0 Å². The first-order chi connectivity index (χ1) is 19.7. The molecule has 2 aromatic heterocycles. The molecule has 2 heterocycles. The van der Waals surface area contributed by atoms with E-state index in [0.29, 0.717) is 17.7 Å². The van der Waals surface area contributed by atoms with Gasteiger partial charge >= 0.3 is 5.69 Å². The van der Waals surface area contributed by atoms with Crippen LogP contribution in [0.3, 0.4) is 0 Å². The molecule has 0 spiro atoms. The van der Waals surface area contributed by atoms with E-state index in [1.807, 2.05) is 12.2 Å². The van der Waals surface area contributed by atoms with Crippen molar-refractivity contribution in [3.8, 4) is 5.69 Å². The second kappa shape index (κ2) is 11.7. The molecule has 0 saturated carbocycles. The van der Waals surface area contributed by atoms with Crippen LogP contribution >= 0.6 is 0 Å². The third kappa shape index (κ3) is 6.17. The molecule has 0 aliphatic rings. The Morgan fingerprint density at radius 1 is 0.976 bits per heavy atom. The summed E-state index contributed by atoms with van der Waals surface area (Å²) in [6, 6.07) is 15.9. The Morgan fingerprint density at radius 2 is 1.71 bits per heavy atom. The van der Waals surface area contributed by atoms with Gasteiger partial charge in [0, 0.05) is 11.6 Å². The van der Waals surface area contributed by atoms with E-state index in [0.717, 1.165) is 17.7 Å². The van der Waals surface area contributed by atoms with Crippen molar-refractivity contribution in [1.82, 2.24) is 34.6 Å². The maximum absolute atomic E-state index is 14.7. The normalized spacial score (nSPS) is 13.9. The van der Waals surface area contributed by atoms with Crippen molar-refractivity contribution in [3.05, 3.63) is 130 Å². The second-order valence-corrected chi connectivity index (χ2v) is 9.73. The van der Waals surface area contributed by atoms with Crippen LogP contribution in [-0.4, -0.2) is 39.7 Å². The van der Waals surface area contributed by atoms with E-state index in [9.17, 15) is 23.1 Å². The SMILES string of the molecule is C[C@@H](C/C=C/c1ccc(-n2nnn(Cc3ccc(F)cc3)c2=O)cc1)[C@](O)(Cn1cncn1)c1ccc(F)cc1F. The zero-order chi connectivity index (χ0) is 29.0. The van der Waals surface area contributed by atoms with Gasteiger partial charge in [0.15, 0.2) is 0 Å². The lowest BCUT2D eigenvalue weighted by atomic mass is 9.80. The van der Waals surface area contributed by atoms with Gasteiger partial charge in [-0.25, -0.2) is 27.6 Å². The fourth-order valence-electron chi connectivity index (χ4n) is 4.54. The predicted molar refractivity (Wildman–Crippen MR) is 144 cm³/mol. The van der Waals surface area contributed by atoms with Crippen molar-refractivity contribution in [3.63, 3.8) is 0 Å². The van der Waals surface area contributed by atoms with Gasteiger partial charge in [-0.1, -0.05) is 49.4 Å². The van der Waals surface area contributed by atoms with Crippen LogP contribution in [0.4, 0.5) is 13.2 Å². The minimum Gasteiger partial charge on any atom is -0.383 e. The number of benzene rings is 3. The first-order valence-electron chi connectivity index (χ1n) is 12.8. The highest BCUT2D eigenvalue weighted by molar-refractivity contribution is 5.51. The number of aliphatic hydroxyl groups is 1. The molecule has 12 heteroatoms. The summed E-state index contributed by atoms with van der Waals surface area (Å²) in [7, 11) is 0. The van der Waals surface area contributed by atoms with Gasteiger partial charge in [-0.2, -0.15) is 14.5 Å². The number of tetrazole rings is 1. The maximum Gasteiger partial charge on any atom is 0.368 e. The Labute approximate surface area is 232 Å². The summed E-state index contributed by atoms with van der Waals surface area (Å²) in [4.78, 5) is 16.7. The Morgan fingerprint density at radius 3 is 2.39 bits per heavy atom. The molecule has 5 aromatic rings. The molecule has 0 radical (unpaired) electrons. The summed E-state index contributed by atoms with van der Waals surface area (Å²) in [6.45, 7) is 1.86. The van der Waals surface area contributed by atoms with Crippen molar-refractivity contribution >= 4 is 6.08 Å². The number of hydrogen-bond donors (Lipinski definition) is 1. The van der Waals surface area contributed by atoms with E-state index in [4.69, 9.17) is 0 Å². The third-order valence-electron chi connectivity index (χ3n) is 6.91. The number of aromatic nitrogens is 7. The highest BCUT2D eigenvalue weighted by Crippen LogP contribution is 2.35. The van der Waals surface area contributed by atoms with E-state index in [-0.39, 0.29) is 24.5 Å². The van der Waals surface area contributed by atoms with Crippen LogP contribution < -0.4 is 5.69 Å². The summed E-state index contributed by atoms with van der Waals surface area (Å²) >= 11 is 0. The van der Waals surface area contributed by atoms with Crippen LogP contribution in [-0.2, 0) is 18.7 Å². The molecule has 41 heavy (non-hydrogen) atoms. The van der Waals surface area contributed by atoms with Gasteiger partial charge in [0.05, 0.1) is 18.8 Å². The van der Waals surface area contributed by atoms with Crippen molar-refractivity contribution in [2.75, 3.05) is 0 Å². The predicted octanol–water partition coefficient (Wildman–Crippen LogP) is 4.11. The summed E-state index contributed by atoms with van der Waals surface area (Å²) in [5.74, 6) is -2.43. The molecule has 0 unspecified atom stereocenters. The molecule has 0 aliphatic carbocycles. The molecule has 0 aliphatic heterocycles. The lowest BCUT2D eigenvalue weighted by Gasteiger charge is -2.34. The fraction of sp³-hybridized carbons (Fsp3) is 0.207. The summed E-state index contributed by atoms with van der Waals surface area (Å²) in [5, 5.41) is 23.5. The van der Waals surface area contributed by atoms with E-state index in [2.05, 4.69) is 20.5 Å². The lowest BCUT2D eigenvalue weighted by Crippen LogP contribution is -2.39. The molecule has 5 rings (SSSR count). The standard InChI is InChI=1S/C29H26F3N7O2/c1-20(29(41,17-37-19-33-18-34-37)26-14-11-24(31)15-27(26)32)3-2-4-21-7-12-25(13-8-21)39-28(40)38(35-36-39)16-22-5-9-23(30)10-6-22/h2,4-15,18-20,41H,3,16-17H2,1H3/b4-2+/t20-,29+/m0/s1. The molecular weight excluding hydrogens is 535 g/mol. The number of halogens is 3. The number of rotatable bonds is 10. The first kappa shape index (κ1) is 27.7. The van der Waals surface area contributed by atoms with Gasteiger partial charge in [-0.15, -0.1) is 0 Å². The largest absolute Gasteiger partial charge is 0.383 e. The molecule has 0 bridgehead atoms. The zero-order valence-corrected chi connectivity index (χ0v) is 22.0. The van der Waals surface area contributed by atoms with E-state index < -0.39 is 28.8 Å². The molecule has 0 fully saturated rings. The van der Waals surface area contributed by atoms with Crippen molar-refractivity contribution in [2.45, 2.75) is 32.0 Å². The number of allylic oxidation sites excluding steroid dienone is 1. The molecule has 3 aromatic carbocycles. The molecule has 0 amide bonds. The van der Waals surface area contributed by atoms with Gasteiger partial charge in [0.2, 0.25) is 0 Å².